The Bertz CT molecular complexity index is 1560. The van der Waals surface area contributed by atoms with Crippen LogP contribution in [0.5, 0.6) is 0 Å². The van der Waals surface area contributed by atoms with E-state index in [1.165, 1.54) is 18.3 Å². The van der Waals surface area contributed by atoms with Crippen LogP contribution >= 0.6 is 11.6 Å². The summed E-state index contributed by atoms with van der Waals surface area (Å²) in [4.78, 5) is 16.6. The molecule has 1 saturated heterocycles. The molecule has 8 nitrogen and oxygen atoms in total. The van der Waals surface area contributed by atoms with Gasteiger partial charge in [0.2, 0.25) is 10.0 Å². The van der Waals surface area contributed by atoms with Crippen LogP contribution < -0.4 is 16.4 Å². The molecule has 2 aromatic carbocycles. The van der Waals surface area contributed by atoms with E-state index in [1.807, 2.05) is 6.92 Å². The normalized spacial score (nSPS) is 21.6. The fraction of sp³-hybridized carbons (Fsp3) is 0.419. The molecule has 2 heterocycles. The van der Waals surface area contributed by atoms with Gasteiger partial charge >= 0.3 is 0 Å². The van der Waals surface area contributed by atoms with Crippen LogP contribution in [0.25, 0.3) is 0 Å². The van der Waals surface area contributed by atoms with Crippen LogP contribution in [-0.2, 0) is 21.2 Å². The Kier molecular flexibility index (Phi) is 9.48. The molecular formula is C31H36ClF2N5O3S. The number of carbonyl (C=O) groups excluding carboxylic acids is 1. The van der Waals surface area contributed by atoms with Crippen molar-refractivity contribution in [2.75, 3.05) is 25.0 Å². The van der Waals surface area contributed by atoms with Gasteiger partial charge in [0.15, 0.2) is 0 Å². The minimum atomic E-state index is -3.43. The van der Waals surface area contributed by atoms with Gasteiger partial charge in [-0.1, -0.05) is 35.9 Å². The minimum absolute atomic E-state index is 0.122. The molecule has 43 heavy (non-hydrogen) atoms. The van der Waals surface area contributed by atoms with Crippen LogP contribution in [0.15, 0.2) is 60.9 Å². The summed E-state index contributed by atoms with van der Waals surface area (Å²) in [6.07, 6.45) is 5.15. The number of halogens is 3. The lowest BCUT2D eigenvalue weighted by molar-refractivity contribution is -0.112. The van der Waals surface area contributed by atoms with Gasteiger partial charge in [-0.15, -0.1) is 0 Å². The Morgan fingerprint density at radius 1 is 1.16 bits per heavy atom. The number of rotatable bonds is 12. The summed E-state index contributed by atoms with van der Waals surface area (Å²) in [5, 5.41) is 6.59. The number of hydrogen-bond donors (Lipinski definition) is 3. The van der Waals surface area contributed by atoms with Crippen LogP contribution in [0.4, 0.5) is 14.5 Å². The number of aldehydes is 1. The Balaban J connectivity index is 1.39. The molecule has 1 aliphatic heterocycles. The Labute approximate surface area is 256 Å². The third-order valence-electron chi connectivity index (χ3n) is 8.31. The monoisotopic (exact) mass is 631 g/mol. The Morgan fingerprint density at radius 3 is 2.58 bits per heavy atom. The quantitative estimate of drug-likeness (QED) is 0.256. The fourth-order valence-corrected chi connectivity index (χ4v) is 8.39. The van der Waals surface area contributed by atoms with Gasteiger partial charge < -0.3 is 21.2 Å². The second-order valence-corrected chi connectivity index (χ2v) is 14.1. The molecule has 3 aromatic rings. The highest BCUT2D eigenvalue weighted by molar-refractivity contribution is 7.90. The van der Waals surface area contributed by atoms with Gasteiger partial charge in [0.05, 0.1) is 23.3 Å². The summed E-state index contributed by atoms with van der Waals surface area (Å²) in [6, 6.07) is 12.2. The maximum Gasteiger partial charge on any atom is 0.217 e. The lowest BCUT2D eigenvalue weighted by Crippen LogP contribution is -2.59. The third kappa shape index (κ3) is 6.91. The maximum atomic E-state index is 15.2. The molecule has 1 saturated carbocycles. The van der Waals surface area contributed by atoms with Crippen molar-refractivity contribution in [2.24, 2.45) is 5.73 Å². The highest BCUT2D eigenvalue weighted by Gasteiger charge is 2.46. The van der Waals surface area contributed by atoms with Gasteiger partial charge in [-0.2, -0.15) is 4.31 Å². The topological polar surface area (TPSA) is 117 Å². The molecule has 0 amide bonds. The van der Waals surface area contributed by atoms with E-state index in [0.717, 1.165) is 6.20 Å². The van der Waals surface area contributed by atoms with E-state index >= 15 is 4.39 Å². The first-order valence-corrected chi connectivity index (χ1v) is 16.3. The molecule has 2 fully saturated rings. The number of aromatic nitrogens is 1. The molecule has 0 radical (unpaired) electrons. The zero-order valence-corrected chi connectivity index (χ0v) is 25.4. The predicted octanol–water partition coefficient (Wildman–Crippen LogP) is 4.24. The summed E-state index contributed by atoms with van der Waals surface area (Å²) in [6.45, 7) is 2.79. The van der Waals surface area contributed by atoms with E-state index in [2.05, 4.69) is 15.6 Å². The zero-order valence-electron chi connectivity index (χ0n) is 23.8. The van der Waals surface area contributed by atoms with Crippen LogP contribution in [0.3, 0.4) is 0 Å². The lowest BCUT2D eigenvalue weighted by atomic mass is 9.76. The van der Waals surface area contributed by atoms with Gasteiger partial charge in [0.25, 0.3) is 0 Å². The molecule has 230 valence electrons. The Morgan fingerprint density at radius 2 is 1.91 bits per heavy atom. The third-order valence-corrected chi connectivity index (χ3v) is 11.1. The number of sulfonamides is 1. The van der Waals surface area contributed by atoms with Crippen LogP contribution in [0.2, 0.25) is 5.02 Å². The number of pyridine rings is 1. The van der Waals surface area contributed by atoms with Gasteiger partial charge in [0, 0.05) is 48.2 Å². The first-order chi connectivity index (χ1) is 20.5. The lowest BCUT2D eigenvalue weighted by Gasteiger charge is -2.40. The molecule has 4 N–H and O–H groups in total. The van der Waals surface area contributed by atoms with Gasteiger partial charge in [-0.05, 0) is 68.0 Å². The van der Waals surface area contributed by atoms with E-state index in [-0.39, 0.29) is 30.3 Å². The van der Waals surface area contributed by atoms with Gasteiger partial charge in [-0.25, -0.2) is 17.2 Å². The first kappa shape index (κ1) is 31.5. The molecule has 4 atom stereocenters. The van der Waals surface area contributed by atoms with E-state index in [4.69, 9.17) is 17.3 Å². The molecule has 5 rings (SSSR count). The van der Waals surface area contributed by atoms with E-state index in [0.29, 0.717) is 66.0 Å². The number of nitrogens with two attached hydrogens (primary N) is 1. The summed E-state index contributed by atoms with van der Waals surface area (Å²) < 4.78 is 57.6. The summed E-state index contributed by atoms with van der Waals surface area (Å²) in [7, 11) is -3.43. The average molecular weight is 632 g/mol. The smallest absolute Gasteiger partial charge is 0.217 e. The number of nitrogens with one attached hydrogen (secondary N) is 2. The van der Waals surface area contributed by atoms with Crippen LogP contribution in [0, 0.1) is 11.6 Å². The van der Waals surface area contributed by atoms with Crippen molar-refractivity contribution in [3.8, 4) is 0 Å². The van der Waals surface area contributed by atoms with Gasteiger partial charge in [0.1, 0.15) is 23.5 Å². The SMILES string of the molecule is C[C@H]1CNC[C@H](CCc2c(F)cncc2NC[C@@](N)(C=O)[C@@H](c2ccc(Cl)cc2)c2cccc(F)c2)N1S(=O)(=O)C1CC1. The molecule has 0 unspecified atom stereocenters. The number of hydrogen-bond acceptors (Lipinski definition) is 7. The Hall–Kier alpha value is -2.96. The molecule has 0 bridgehead atoms. The second-order valence-electron chi connectivity index (χ2n) is 11.5. The number of carbonyl (C=O) groups is 1. The predicted molar refractivity (Wildman–Crippen MR) is 164 cm³/mol. The van der Waals surface area contributed by atoms with E-state index in [1.54, 1.807) is 40.7 Å². The summed E-state index contributed by atoms with van der Waals surface area (Å²) >= 11 is 6.10. The van der Waals surface area contributed by atoms with Gasteiger partial charge in [-0.3, -0.25) is 4.98 Å². The second kappa shape index (κ2) is 13.0. The van der Waals surface area contributed by atoms with Crippen molar-refractivity contribution in [2.45, 2.75) is 61.4 Å². The van der Waals surface area contributed by atoms with Crippen molar-refractivity contribution in [1.29, 1.82) is 0 Å². The highest BCUT2D eigenvalue weighted by atomic mass is 35.5. The van der Waals surface area contributed by atoms with Crippen molar-refractivity contribution in [1.82, 2.24) is 14.6 Å². The number of anilines is 1. The summed E-state index contributed by atoms with van der Waals surface area (Å²) in [5.74, 6) is -1.78. The van der Waals surface area contributed by atoms with Crippen molar-refractivity contribution in [3.63, 3.8) is 0 Å². The highest BCUT2D eigenvalue weighted by Crippen LogP contribution is 2.36. The first-order valence-electron chi connectivity index (χ1n) is 14.4. The van der Waals surface area contributed by atoms with Crippen molar-refractivity contribution < 1.29 is 22.0 Å². The minimum Gasteiger partial charge on any atom is -0.381 e. The average Bonchev–Trinajstić information content (AvgIpc) is 3.83. The molecular weight excluding hydrogens is 596 g/mol. The van der Waals surface area contributed by atoms with Crippen LogP contribution in [0.1, 0.15) is 48.8 Å². The number of piperazine rings is 1. The standard InChI is InChI=1S/C31H36ClF2N5O3S/c1-20-14-36-15-25(39(20)43(41,42)26-10-11-26)9-12-27-28(34)16-37-17-29(27)38-18-31(35,19-40)30(21-5-7-23(32)8-6-21)22-3-2-4-24(33)13-22/h2-8,13,16-17,19-20,25-26,30,36,38H,9-12,14-15,18,35H2,1H3/t20-,25-,30-,31+/m0/s1. The molecule has 0 spiro atoms. The molecule has 1 aliphatic carbocycles. The number of benzene rings is 2. The van der Waals surface area contributed by atoms with Crippen molar-refractivity contribution >= 4 is 33.6 Å². The largest absolute Gasteiger partial charge is 0.381 e. The van der Waals surface area contributed by atoms with E-state index in [9.17, 15) is 17.6 Å². The zero-order chi connectivity index (χ0) is 30.8. The van der Waals surface area contributed by atoms with Crippen LogP contribution in [-0.4, -0.2) is 66.5 Å². The number of nitrogens with zero attached hydrogens (tertiary/aromatic N) is 2. The molecule has 12 heteroatoms. The molecule has 1 aromatic heterocycles. The van der Waals surface area contributed by atoms with E-state index < -0.39 is 33.1 Å². The molecule has 2 aliphatic rings. The summed E-state index contributed by atoms with van der Waals surface area (Å²) in [5.41, 5.74) is 6.98. The maximum absolute atomic E-state index is 15.2. The van der Waals surface area contributed by atoms with Crippen molar-refractivity contribution in [3.05, 3.63) is 94.3 Å². The fourth-order valence-electron chi connectivity index (χ4n) is 6.02.